The van der Waals surface area contributed by atoms with Crippen LogP contribution in [0.2, 0.25) is 0 Å². The van der Waals surface area contributed by atoms with Crippen LogP contribution < -0.4 is 10.1 Å². The van der Waals surface area contributed by atoms with Gasteiger partial charge in [-0.2, -0.15) is 0 Å². The number of benzene rings is 1. The molecule has 0 bridgehead atoms. The molecule has 9 heteroatoms. The highest BCUT2D eigenvalue weighted by molar-refractivity contribution is 6.05. The van der Waals surface area contributed by atoms with Crippen molar-refractivity contribution < 1.29 is 38.1 Å². The van der Waals surface area contributed by atoms with Crippen LogP contribution in [0.1, 0.15) is 54.3 Å². The topological polar surface area (TPSA) is 117 Å². The number of esters is 2. The Morgan fingerprint density at radius 1 is 1.00 bits per heavy atom. The molecule has 0 radical (unpaired) electrons. The monoisotopic (exact) mass is 409 g/mol. The van der Waals surface area contributed by atoms with E-state index in [0.717, 1.165) is 0 Å². The Hall–Kier alpha value is -3.10. The number of rotatable bonds is 9. The molecule has 0 unspecified atom stereocenters. The maximum absolute atomic E-state index is 12.0. The second kappa shape index (κ2) is 11.0. The molecule has 1 rings (SSSR count). The largest absolute Gasteiger partial charge is 0.485 e. The molecule has 0 aliphatic carbocycles. The van der Waals surface area contributed by atoms with Crippen LogP contribution in [0.25, 0.3) is 0 Å². The van der Waals surface area contributed by atoms with E-state index < -0.39 is 23.6 Å². The minimum Gasteiger partial charge on any atom is -0.485 e. The molecular weight excluding hydrogens is 382 g/mol. The summed E-state index contributed by atoms with van der Waals surface area (Å²) in [6.07, 6.45) is -0.00312. The van der Waals surface area contributed by atoms with Crippen LogP contribution in [-0.2, 0) is 19.0 Å². The first-order valence-corrected chi connectivity index (χ1v) is 9.00. The fraction of sp³-hybridized carbons (Fsp3) is 0.500. The van der Waals surface area contributed by atoms with E-state index in [0.29, 0.717) is 6.42 Å². The van der Waals surface area contributed by atoms with Crippen molar-refractivity contribution in [3.8, 4) is 5.75 Å². The molecule has 0 aliphatic heterocycles. The number of carbonyl (C=O) groups excluding carboxylic acids is 4. The number of alkyl carbamates (subject to hydrolysis) is 1. The lowest BCUT2D eigenvalue weighted by Crippen LogP contribution is -2.33. The standard InChI is InChI=1S/C20H27NO8/c1-20(2,3)29-19(25)21-11-7-8-13(22)12-28-15-10-6-9-14(17(23)26-4)16(15)18(24)27-5/h6,9-10H,7-8,11-12H2,1-5H3,(H,21,25). The van der Waals surface area contributed by atoms with E-state index in [4.69, 9.17) is 14.2 Å². The van der Waals surface area contributed by atoms with Crippen molar-refractivity contribution in [3.63, 3.8) is 0 Å². The highest BCUT2D eigenvalue weighted by Gasteiger charge is 2.23. The Morgan fingerprint density at radius 2 is 1.66 bits per heavy atom. The maximum Gasteiger partial charge on any atom is 0.407 e. The Kier molecular flexibility index (Phi) is 9.11. The number of hydrogen-bond donors (Lipinski definition) is 1. The van der Waals surface area contributed by atoms with Gasteiger partial charge in [-0.15, -0.1) is 0 Å². The van der Waals surface area contributed by atoms with Crippen molar-refractivity contribution in [1.29, 1.82) is 0 Å². The predicted octanol–water partition coefficient (Wildman–Crippen LogP) is 2.51. The molecule has 29 heavy (non-hydrogen) atoms. The number of methoxy groups -OCH3 is 2. The normalized spacial score (nSPS) is 10.7. The number of Topliss-reactive ketones (excluding diaryl/α,β-unsaturated/α-hetero) is 1. The summed E-state index contributed by atoms with van der Waals surface area (Å²) in [7, 11) is 2.36. The number of ketones is 1. The number of nitrogens with one attached hydrogen (secondary N) is 1. The van der Waals surface area contributed by atoms with E-state index in [2.05, 4.69) is 10.1 Å². The fourth-order valence-electron chi connectivity index (χ4n) is 2.26. The van der Waals surface area contributed by atoms with Gasteiger partial charge in [0, 0.05) is 13.0 Å². The van der Waals surface area contributed by atoms with Crippen LogP contribution in [-0.4, -0.2) is 56.8 Å². The predicted molar refractivity (Wildman–Crippen MR) is 103 cm³/mol. The first kappa shape index (κ1) is 23.9. The van der Waals surface area contributed by atoms with Crippen molar-refractivity contribution in [1.82, 2.24) is 5.32 Å². The number of ether oxygens (including phenoxy) is 4. The van der Waals surface area contributed by atoms with Crippen molar-refractivity contribution in [3.05, 3.63) is 29.3 Å². The molecule has 0 aliphatic rings. The summed E-state index contributed by atoms with van der Waals surface area (Å²) >= 11 is 0. The van der Waals surface area contributed by atoms with E-state index in [1.54, 1.807) is 20.8 Å². The van der Waals surface area contributed by atoms with Gasteiger partial charge in [-0.3, -0.25) is 4.79 Å². The molecule has 0 saturated heterocycles. The van der Waals surface area contributed by atoms with Gasteiger partial charge in [-0.25, -0.2) is 14.4 Å². The minimum atomic E-state index is -0.782. The molecule has 0 aromatic heterocycles. The van der Waals surface area contributed by atoms with Gasteiger partial charge >= 0.3 is 18.0 Å². The first-order chi connectivity index (χ1) is 13.6. The van der Waals surface area contributed by atoms with E-state index in [-0.39, 0.29) is 42.2 Å². The molecule has 1 aromatic carbocycles. The van der Waals surface area contributed by atoms with Gasteiger partial charge in [0.1, 0.15) is 23.5 Å². The average Bonchev–Trinajstić information content (AvgIpc) is 2.66. The lowest BCUT2D eigenvalue weighted by Gasteiger charge is -2.19. The van der Waals surface area contributed by atoms with E-state index in [1.165, 1.54) is 32.4 Å². The van der Waals surface area contributed by atoms with Gasteiger partial charge in [0.25, 0.3) is 0 Å². The van der Waals surface area contributed by atoms with Gasteiger partial charge in [0.2, 0.25) is 0 Å². The van der Waals surface area contributed by atoms with E-state index in [9.17, 15) is 19.2 Å². The first-order valence-electron chi connectivity index (χ1n) is 9.00. The molecule has 0 spiro atoms. The second-order valence-corrected chi connectivity index (χ2v) is 7.02. The summed E-state index contributed by atoms with van der Waals surface area (Å²) in [6, 6.07) is 4.36. The summed E-state index contributed by atoms with van der Waals surface area (Å²) in [5.74, 6) is -1.71. The summed E-state index contributed by atoms with van der Waals surface area (Å²) < 4.78 is 19.9. The van der Waals surface area contributed by atoms with Crippen molar-refractivity contribution >= 4 is 23.8 Å². The molecule has 1 amide bonds. The zero-order valence-electron chi connectivity index (χ0n) is 17.3. The molecule has 0 atom stereocenters. The van der Waals surface area contributed by atoms with Gasteiger partial charge in [-0.1, -0.05) is 6.07 Å². The highest BCUT2D eigenvalue weighted by atomic mass is 16.6. The third-order valence-corrected chi connectivity index (χ3v) is 3.51. The third kappa shape index (κ3) is 8.20. The molecule has 1 aromatic rings. The zero-order chi connectivity index (χ0) is 22.0. The average molecular weight is 409 g/mol. The van der Waals surface area contributed by atoms with E-state index in [1.807, 2.05) is 0 Å². The molecule has 0 heterocycles. The van der Waals surface area contributed by atoms with Crippen LogP contribution >= 0.6 is 0 Å². The summed E-state index contributed by atoms with van der Waals surface area (Å²) in [5.41, 5.74) is -0.726. The van der Waals surface area contributed by atoms with Gasteiger partial charge in [0.15, 0.2) is 5.78 Å². The molecule has 160 valence electrons. The van der Waals surface area contributed by atoms with Crippen LogP contribution in [0, 0.1) is 0 Å². The van der Waals surface area contributed by atoms with Crippen LogP contribution in [0.3, 0.4) is 0 Å². The number of hydrogen-bond acceptors (Lipinski definition) is 8. The van der Waals surface area contributed by atoms with Crippen LogP contribution in [0.5, 0.6) is 5.75 Å². The smallest absolute Gasteiger partial charge is 0.407 e. The van der Waals surface area contributed by atoms with Gasteiger partial charge in [-0.05, 0) is 39.3 Å². The Bertz CT molecular complexity index is 751. The highest BCUT2D eigenvalue weighted by Crippen LogP contribution is 2.24. The van der Waals surface area contributed by atoms with Crippen molar-refractivity contribution in [2.24, 2.45) is 0 Å². The maximum atomic E-state index is 12.0. The Morgan fingerprint density at radius 3 is 2.24 bits per heavy atom. The van der Waals surface area contributed by atoms with Crippen molar-refractivity contribution in [2.45, 2.75) is 39.2 Å². The van der Waals surface area contributed by atoms with Gasteiger partial charge in [0.05, 0.1) is 19.8 Å². The summed E-state index contributed by atoms with van der Waals surface area (Å²) in [4.78, 5) is 47.5. The van der Waals surface area contributed by atoms with Crippen LogP contribution in [0.4, 0.5) is 4.79 Å². The lowest BCUT2D eigenvalue weighted by atomic mass is 10.1. The number of amides is 1. The Balaban J connectivity index is 2.60. The third-order valence-electron chi connectivity index (χ3n) is 3.51. The second-order valence-electron chi connectivity index (χ2n) is 7.02. The SMILES string of the molecule is COC(=O)c1cccc(OCC(=O)CCCNC(=O)OC(C)(C)C)c1C(=O)OC. The zero-order valence-corrected chi connectivity index (χ0v) is 17.3. The van der Waals surface area contributed by atoms with E-state index >= 15 is 0 Å². The molecule has 0 fully saturated rings. The van der Waals surface area contributed by atoms with Crippen molar-refractivity contribution in [2.75, 3.05) is 27.4 Å². The number of carbonyl (C=O) groups is 4. The molecule has 0 saturated carbocycles. The summed E-state index contributed by atoms with van der Waals surface area (Å²) in [6.45, 7) is 5.23. The molecule has 9 nitrogen and oxygen atoms in total. The minimum absolute atomic E-state index is 0.0224. The quantitative estimate of drug-likeness (QED) is 0.376. The molecule has 1 N–H and O–H groups in total. The lowest BCUT2D eigenvalue weighted by molar-refractivity contribution is -0.121. The van der Waals surface area contributed by atoms with Gasteiger partial charge < -0.3 is 24.3 Å². The fourth-order valence-corrected chi connectivity index (χ4v) is 2.26. The molecular formula is C20H27NO8. The Labute approximate surface area is 169 Å². The van der Waals surface area contributed by atoms with Crippen LogP contribution in [0.15, 0.2) is 18.2 Å². The summed E-state index contributed by atoms with van der Waals surface area (Å²) in [5, 5.41) is 2.56.